The fraction of sp³-hybridized carbons (Fsp3) is 0.263. The number of carbonyl (C=O) groups excluding carboxylic acids is 2. The van der Waals surface area contributed by atoms with Crippen LogP contribution < -0.4 is 5.32 Å². The molecular formula is C19H20FNO3. The molecule has 0 amide bonds. The lowest BCUT2D eigenvalue weighted by molar-refractivity contribution is 0.0475. The van der Waals surface area contributed by atoms with Crippen molar-refractivity contribution in [2.24, 2.45) is 0 Å². The molecule has 0 saturated carbocycles. The average Bonchev–Trinajstić information content (AvgIpc) is 2.60. The van der Waals surface area contributed by atoms with Crippen LogP contribution in [-0.2, 0) is 4.74 Å². The predicted molar refractivity (Wildman–Crippen MR) is 90.9 cm³/mol. The quantitative estimate of drug-likeness (QED) is 0.450. The van der Waals surface area contributed by atoms with Gasteiger partial charge in [-0.15, -0.1) is 0 Å². The second kappa shape index (κ2) is 8.82. The van der Waals surface area contributed by atoms with Crippen molar-refractivity contribution in [3.63, 3.8) is 0 Å². The van der Waals surface area contributed by atoms with Crippen molar-refractivity contribution in [1.82, 2.24) is 0 Å². The van der Waals surface area contributed by atoms with E-state index in [2.05, 4.69) is 12.2 Å². The Labute approximate surface area is 140 Å². The van der Waals surface area contributed by atoms with Crippen LogP contribution in [0.4, 0.5) is 10.1 Å². The van der Waals surface area contributed by atoms with Gasteiger partial charge in [-0.2, -0.15) is 0 Å². The van der Waals surface area contributed by atoms with Crippen molar-refractivity contribution >= 4 is 17.4 Å². The van der Waals surface area contributed by atoms with Gasteiger partial charge in [-0.25, -0.2) is 9.18 Å². The van der Waals surface area contributed by atoms with Crippen LogP contribution in [0.25, 0.3) is 0 Å². The number of para-hydroxylation sites is 1. The first kappa shape index (κ1) is 17.7. The van der Waals surface area contributed by atoms with E-state index in [1.165, 1.54) is 24.3 Å². The van der Waals surface area contributed by atoms with Crippen LogP contribution in [0.15, 0.2) is 48.5 Å². The number of anilines is 1. The minimum atomic E-state index is -0.565. The molecule has 1 N–H and O–H groups in total. The van der Waals surface area contributed by atoms with E-state index in [1.807, 2.05) is 6.07 Å². The summed E-state index contributed by atoms with van der Waals surface area (Å²) in [6, 6.07) is 12.1. The minimum Gasteiger partial charge on any atom is -0.454 e. The molecule has 0 aliphatic carbocycles. The number of benzene rings is 2. The highest BCUT2D eigenvalue weighted by molar-refractivity contribution is 6.00. The molecule has 0 aliphatic rings. The molecule has 0 heterocycles. The number of ether oxygens (including phenoxy) is 1. The summed E-state index contributed by atoms with van der Waals surface area (Å²) in [4.78, 5) is 24.2. The van der Waals surface area contributed by atoms with Gasteiger partial charge >= 0.3 is 5.97 Å². The van der Waals surface area contributed by atoms with Crippen LogP contribution in [0.2, 0.25) is 0 Å². The van der Waals surface area contributed by atoms with Gasteiger partial charge in [0.25, 0.3) is 0 Å². The number of esters is 1. The number of hydrogen-bond donors (Lipinski definition) is 1. The Kier molecular flexibility index (Phi) is 6.49. The van der Waals surface area contributed by atoms with E-state index in [0.717, 1.165) is 19.4 Å². The zero-order valence-corrected chi connectivity index (χ0v) is 13.5. The summed E-state index contributed by atoms with van der Waals surface area (Å²) in [5, 5.41) is 3.19. The summed E-state index contributed by atoms with van der Waals surface area (Å²) in [5.41, 5.74) is 1.38. The standard InChI is InChI=1S/C19H20FNO3/c1-2-3-12-21-17-7-5-4-6-16(17)19(23)24-13-18(22)14-8-10-15(20)11-9-14/h4-11,21H,2-3,12-13H2,1H3. The Morgan fingerprint density at radius 2 is 1.79 bits per heavy atom. The van der Waals surface area contributed by atoms with Gasteiger partial charge in [0.05, 0.1) is 5.56 Å². The number of hydrogen-bond acceptors (Lipinski definition) is 4. The molecule has 126 valence electrons. The molecule has 0 unspecified atom stereocenters. The third kappa shape index (κ3) is 4.91. The molecular weight excluding hydrogens is 309 g/mol. The van der Waals surface area contributed by atoms with Crippen molar-refractivity contribution in [2.45, 2.75) is 19.8 Å². The SMILES string of the molecule is CCCCNc1ccccc1C(=O)OCC(=O)c1ccc(F)cc1. The predicted octanol–water partition coefficient (Wildman–Crippen LogP) is 4.08. The number of halogens is 1. The van der Waals surface area contributed by atoms with Crippen molar-refractivity contribution in [1.29, 1.82) is 0 Å². The van der Waals surface area contributed by atoms with E-state index < -0.39 is 11.8 Å². The molecule has 0 aromatic heterocycles. The van der Waals surface area contributed by atoms with E-state index in [9.17, 15) is 14.0 Å². The molecule has 0 bridgehead atoms. The number of rotatable bonds is 8. The fourth-order valence-corrected chi connectivity index (χ4v) is 2.14. The van der Waals surface area contributed by atoms with Crippen LogP contribution in [0, 0.1) is 5.82 Å². The molecule has 0 aliphatic heterocycles. The molecule has 5 heteroatoms. The summed E-state index contributed by atoms with van der Waals surface area (Å²) in [5.74, 6) is -1.36. The summed E-state index contributed by atoms with van der Waals surface area (Å²) >= 11 is 0. The highest BCUT2D eigenvalue weighted by Gasteiger charge is 2.15. The van der Waals surface area contributed by atoms with Crippen LogP contribution >= 0.6 is 0 Å². The number of Topliss-reactive ketones (excluding diaryl/α,β-unsaturated/α-hetero) is 1. The van der Waals surface area contributed by atoms with Crippen LogP contribution in [0.1, 0.15) is 40.5 Å². The van der Waals surface area contributed by atoms with Crippen LogP contribution in [-0.4, -0.2) is 24.9 Å². The van der Waals surface area contributed by atoms with E-state index in [4.69, 9.17) is 4.74 Å². The Hall–Kier alpha value is -2.69. The lowest BCUT2D eigenvalue weighted by atomic mass is 10.1. The van der Waals surface area contributed by atoms with E-state index in [1.54, 1.807) is 18.2 Å². The first-order chi connectivity index (χ1) is 11.6. The van der Waals surface area contributed by atoms with E-state index >= 15 is 0 Å². The smallest absolute Gasteiger partial charge is 0.340 e. The third-order valence-electron chi connectivity index (χ3n) is 3.49. The molecule has 4 nitrogen and oxygen atoms in total. The Balaban J connectivity index is 1.97. The lowest BCUT2D eigenvalue weighted by Gasteiger charge is -2.11. The number of ketones is 1. The van der Waals surface area contributed by atoms with Crippen LogP contribution in [0.3, 0.4) is 0 Å². The monoisotopic (exact) mass is 329 g/mol. The number of unbranched alkanes of at least 4 members (excludes halogenated alkanes) is 1. The zero-order chi connectivity index (χ0) is 17.4. The topological polar surface area (TPSA) is 55.4 Å². The maximum Gasteiger partial charge on any atom is 0.340 e. The maximum absolute atomic E-state index is 12.9. The molecule has 2 rings (SSSR count). The number of nitrogens with one attached hydrogen (secondary N) is 1. The molecule has 0 fully saturated rings. The van der Waals surface area contributed by atoms with Gasteiger partial charge in [0.15, 0.2) is 12.4 Å². The second-order valence-electron chi connectivity index (χ2n) is 5.33. The molecule has 0 radical (unpaired) electrons. The van der Waals surface area contributed by atoms with E-state index in [-0.39, 0.29) is 12.4 Å². The van der Waals surface area contributed by atoms with Gasteiger partial charge in [-0.1, -0.05) is 25.5 Å². The van der Waals surface area contributed by atoms with Crippen molar-refractivity contribution in [3.05, 3.63) is 65.5 Å². The number of carbonyl (C=O) groups is 2. The molecule has 24 heavy (non-hydrogen) atoms. The van der Waals surface area contributed by atoms with Crippen molar-refractivity contribution in [2.75, 3.05) is 18.5 Å². The summed E-state index contributed by atoms with van der Waals surface area (Å²) in [7, 11) is 0. The molecule has 0 saturated heterocycles. The van der Waals surface area contributed by atoms with Crippen molar-refractivity contribution in [3.8, 4) is 0 Å². The van der Waals surface area contributed by atoms with Gasteiger partial charge in [-0.3, -0.25) is 4.79 Å². The second-order valence-corrected chi connectivity index (χ2v) is 5.33. The third-order valence-corrected chi connectivity index (χ3v) is 3.49. The Bertz CT molecular complexity index is 698. The van der Waals surface area contributed by atoms with Gasteiger partial charge in [0, 0.05) is 17.8 Å². The average molecular weight is 329 g/mol. The summed E-state index contributed by atoms with van der Waals surface area (Å²) in [6.07, 6.45) is 2.04. The first-order valence-electron chi connectivity index (χ1n) is 7.90. The fourth-order valence-electron chi connectivity index (χ4n) is 2.14. The van der Waals surface area contributed by atoms with Crippen molar-refractivity contribution < 1.29 is 18.7 Å². The Morgan fingerprint density at radius 3 is 2.50 bits per heavy atom. The van der Waals surface area contributed by atoms with Gasteiger partial charge in [-0.05, 0) is 42.8 Å². The zero-order valence-electron chi connectivity index (χ0n) is 13.5. The minimum absolute atomic E-state index is 0.304. The lowest BCUT2D eigenvalue weighted by Crippen LogP contribution is -2.16. The summed E-state index contributed by atoms with van der Waals surface area (Å²) in [6.45, 7) is 2.46. The molecule has 2 aromatic rings. The van der Waals surface area contributed by atoms with Gasteiger partial charge in [0.2, 0.25) is 0 Å². The van der Waals surface area contributed by atoms with Gasteiger partial charge in [0.1, 0.15) is 5.82 Å². The largest absolute Gasteiger partial charge is 0.454 e. The normalized spacial score (nSPS) is 10.2. The Morgan fingerprint density at radius 1 is 1.08 bits per heavy atom. The molecule has 0 atom stereocenters. The maximum atomic E-state index is 12.9. The van der Waals surface area contributed by atoms with E-state index in [0.29, 0.717) is 16.8 Å². The first-order valence-corrected chi connectivity index (χ1v) is 7.90. The highest BCUT2D eigenvalue weighted by Crippen LogP contribution is 2.16. The molecule has 2 aromatic carbocycles. The highest BCUT2D eigenvalue weighted by atomic mass is 19.1. The van der Waals surface area contributed by atoms with Crippen LogP contribution in [0.5, 0.6) is 0 Å². The molecule has 0 spiro atoms. The summed E-state index contributed by atoms with van der Waals surface area (Å²) < 4.78 is 18.0. The van der Waals surface area contributed by atoms with Gasteiger partial charge < -0.3 is 10.1 Å².